The smallest absolute Gasteiger partial charge is 0.244 e. The van der Waals surface area contributed by atoms with E-state index in [-0.39, 0.29) is 21.6 Å². The van der Waals surface area contributed by atoms with Crippen LogP contribution in [0.2, 0.25) is 0 Å². The lowest BCUT2D eigenvalue weighted by molar-refractivity contribution is -0.135. The van der Waals surface area contributed by atoms with Crippen LogP contribution in [0.3, 0.4) is 0 Å². The third-order valence-electron chi connectivity index (χ3n) is 3.27. The van der Waals surface area contributed by atoms with Gasteiger partial charge in [-0.25, -0.2) is 4.39 Å². The Kier molecular flexibility index (Phi) is 5.15. The molecule has 0 aliphatic carbocycles. The summed E-state index contributed by atoms with van der Waals surface area (Å²) in [5, 5.41) is 11.7. The minimum absolute atomic E-state index is 0.0982. The largest absolute Gasteiger partial charge is 0.378 e. The second kappa shape index (κ2) is 6.87. The molecular formula is C14H15BrFN3O2. The van der Waals surface area contributed by atoms with Crippen molar-refractivity contribution in [3.63, 3.8) is 0 Å². The number of rotatable bonds is 3. The zero-order valence-electron chi connectivity index (χ0n) is 11.5. The third kappa shape index (κ3) is 3.52. The molecule has 0 spiro atoms. The van der Waals surface area contributed by atoms with E-state index in [1.807, 2.05) is 6.07 Å². The summed E-state index contributed by atoms with van der Waals surface area (Å²) in [7, 11) is 0. The molecule has 2 rings (SSSR count). The number of ether oxygens (including phenoxy) is 1. The Morgan fingerprint density at radius 2 is 2.19 bits per heavy atom. The molecule has 1 aliphatic heterocycles. The van der Waals surface area contributed by atoms with Crippen molar-refractivity contribution in [1.29, 1.82) is 5.26 Å². The van der Waals surface area contributed by atoms with Gasteiger partial charge in [0.05, 0.1) is 28.9 Å². The van der Waals surface area contributed by atoms with Gasteiger partial charge in [0.1, 0.15) is 12.1 Å². The highest BCUT2D eigenvalue weighted by Crippen LogP contribution is 2.27. The highest BCUT2D eigenvalue weighted by Gasteiger charge is 2.23. The normalized spacial score (nSPS) is 16.2. The molecule has 0 bridgehead atoms. The molecule has 1 saturated heterocycles. The molecule has 1 unspecified atom stereocenters. The van der Waals surface area contributed by atoms with E-state index in [1.165, 1.54) is 12.1 Å². The number of hydrogen-bond acceptors (Lipinski definition) is 4. The quantitative estimate of drug-likeness (QED) is 0.901. The molecule has 0 radical (unpaired) electrons. The van der Waals surface area contributed by atoms with Crippen LogP contribution < -0.4 is 5.32 Å². The standard InChI is InChI=1S/C14H15BrFN3O2/c1-9(14(20)19-4-6-21-7-5-19)18-11-3-2-10(8-17)12(15)13(11)16/h2-3,9,18H,4-7H2,1H3. The Balaban J connectivity index is 2.09. The van der Waals surface area contributed by atoms with Gasteiger partial charge in [0, 0.05) is 13.1 Å². The summed E-state index contributed by atoms with van der Waals surface area (Å²) in [4.78, 5) is 13.9. The summed E-state index contributed by atoms with van der Waals surface area (Å²) in [5.74, 6) is -0.672. The molecular weight excluding hydrogens is 341 g/mol. The Morgan fingerprint density at radius 3 is 2.81 bits per heavy atom. The van der Waals surface area contributed by atoms with Gasteiger partial charge in [-0.15, -0.1) is 0 Å². The first kappa shape index (κ1) is 15.7. The summed E-state index contributed by atoms with van der Waals surface area (Å²) in [6.07, 6.45) is 0. The number of morpholine rings is 1. The first-order valence-corrected chi connectivity index (χ1v) is 7.35. The van der Waals surface area contributed by atoms with Crippen molar-refractivity contribution in [2.75, 3.05) is 31.6 Å². The predicted octanol–water partition coefficient (Wildman–Crippen LogP) is 2.12. The van der Waals surface area contributed by atoms with E-state index in [2.05, 4.69) is 21.2 Å². The topological polar surface area (TPSA) is 65.4 Å². The minimum atomic E-state index is -0.573. The molecule has 21 heavy (non-hydrogen) atoms. The molecule has 1 aliphatic rings. The van der Waals surface area contributed by atoms with E-state index in [4.69, 9.17) is 10.00 Å². The average molecular weight is 356 g/mol. The zero-order chi connectivity index (χ0) is 15.4. The van der Waals surface area contributed by atoms with E-state index < -0.39 is 11.9 Å². The van der Waals surface area contributed by atoms with Gasteiger partial charge in [-0.3, -0.25) is 4.79 Å². The van der Waals surface area contributed by atoms with Crippen molar-refractivity contribution in [2.24, 2.45) is 0 Å². The van der Waals surface area contributed by atoms with Crippen molar-refractivity contribution in [1.82, 2.24) is 4.90 Å². The lowest BCUT2D eigenvalue weighted by Crippen LogP contribution is -2.47. The van der Waals surface area contributed by atoms with Crippen LogP contribution in [0.1, 0.15) is 12.5 Å². The second-order valence-electron chi connectivity index (χ2n) is 4.70. The van der Waals surface area contributed by atoms with Crippen molar-refractivity contribution < 1.29 is 13.9 Å². The van der Waals surface area contributed by atoms with E-state index in [0.29, 0.717) is 26.3 Å². The van der Waals surface area contributed by atoms with Crippen LogP contribution in [0.5, 0.6) is 0 Å². The number of benzene rings is 1. The highest BCUT2D eigenvalue weighted by atomic mass is 79.9. The average Bonchev–Trinajstić information content (AvgIpc) is 2.52. The fourth-order valence-corrected chi connectivity index (χ4v) is 2.53. The summed E-state index contributed by atoms with van der Waals surface area (Å²) in [6, 6.07) is 4.29. The van der Waals surface area contributed by atoms with E-state index in [1.54, 1.807) is 11.8 Å². The van der Waals surface area contributed by atoms with E-state index in [0.717, 1.165) is 0 Å². The van der Waals surface area contributed by atoms with Crippen LogP contribution in [-0.4, -0.2) is 43.2 Å². The molecule has 7 heteroatoms. The summed E-state index contributed by atoms with van der Waals surface area (Å²) in [5.41, 5.74) is 0.403. The van der Waals surface area contributed by atoms with Crippen LogP contribution in [0.25, 0.3) is 0 Å². The molecule has 1 atom stereocenters. The van der Waals surface area contributed by atoms with Crippen molar-refractivity contribution in [3.8, 4) is 6.07 Å². The SMILES string of the molecule is CC(Nc1ccc(C#N)c(Br)c1F)C(=O)N1CCOCC1. The number of halogens is 2. The van der Waals surface area contributed by atoms with Gasteiger partial charge in [0.25, 0.3) is 0 Å². The first-order chi connectivity index (χ1) is 10.0. The summed E-state index contributed by atoms with van der Waals surface area (Å²) in [6.45, 7) is 3.82. The lowest BCUT2D eigenvalue weighted by atomic mass is 10.2. The van der Waals surface area contributed by atoms with E-state index >= 15 is 0 Å². The maximum atomic E-state index is 14.1. The monoisotopic (exact) mass is 355 g/mol. The van der Waals surface area contributed by atoms with Gasteiger partial charge >= 0.3 is 0 Å². The van der Waals surface area contributed by atoms with Crippen molar-refractivity contribution in [3.05, 3.63) is 28.0 Å². The van der Waals surface area contributed by atoms with Crippen LogP contribution in [0, 0.1) is 17.1 Å². The summed E-state index contributed by atoms with van der Waals surface area (Å²) < 4.78 is 19.4. The van der Waals surface area contributed by atoms with Crippen LogP contribution in [0.4, 0.5) is 10.1 Å². The van der Waals surface area contributed by atoms with Gasteiger partial charge in [-0.05, 0) is 35.0 Å². The lowest BCUT2D eigenvalue weighted by Gasteiger charge is -2.29. The molecule has 0 aromatic heterocycles. The number of anilines is 1. The molecule has 1 fully saturated rings. The maximum Gasteiger partial charge on any atom is 0.244 e. The molecule has 1 heterocycles. The predicted molar refractivity (Wildman–Crippen MR) is 79.3 cm³/mol. The van der Waals surface area contributed by atoms with Gasteiger partial charge < -0.3 is 15.0 Å². The molecule has 1 aromatic carbocycles. The van der Waals surface area contributed by atoms with Crippen molar-refractivity contribution in [2.45, 2.75) is 13.0 Å². The Labute approximate surface area is 130 Å². The molecule has 5 nitrogen and oxygen atoms in total. The van der Waals surface area contributed by atoms with Gasteiger partial charge in [0.15, 0.2) is 5.82 Å². The number of amides is 1. The number of nitrogens with zero attached hydrogens (tertiary/aromatic N) is 2. The fraction of sp³-hybridized carbons (Fsp3) is 0.429. The third-order valence-corrected chi connectivity index (χ3v) is 4.04. The Bertz CT molecular complexity index is 582. The Hall–Kier alpha value is -1.65. The van der Waals surface area contributed by atoms with Crippen molar-refractivity contribution >= 4 is 27.5 Å². The highest BCUT2D eigenvalue weighted by molar-refractivity contribution is 9.10. The van der Waals surface area contributed by atoms with Crippen LogP contribution in [-0.2, 0) is 9.53 Å². The first-order valence-electron chi connectivity index (χ1n) is 6.55. The number of hydrogen-bond donors (Lipinski definition) is 1. The van der Waals surface area contributed by atoms with Gasteiger partial charge in [-0.2, -0.15) is 5.26 Å². The van der Waals surface area contributed by atoms with Crippen LogP contribution >= 0.6 is 15.9 Å². The minimum Gasteiger partial charge on any atom is -0.378 e. The van der Waals surface area contributed by atoms with Crippen LogP contribution in [0.15, 0.2) is 16.6 Å². The second-order valence-corrected chi connectivity index (χ2v) is 5.50. The zero-order valence-corrected chi connectivity index (χ0v) is 13.1. The Morgan fingerprint density at radius 1 is 1.52 bits per heavy atom. The van der Waals surface area contributed by atoms with E-state index in [9.17, 15) is 9.18 Å². The number of carbonyl (C=O) groups is 1. The summed E-state index contributed by atoms with van der Waals surface area (Å²) >= 11 is 3.05. The molecule has 1 amide bonds. The fourth-order valence-electron chi connectivity index (χ4n) is 2.10. The maximum absolute atomic E-state index is 14.1. The number of nitriles is 1. The number of carbonyl (C=O) groups excluding carboxylic acids is 1. The number of nitrogens with one attached hydrogen (secondary N) is 1. The molecule has 0 saturated carbocycles. The van der Waals surface area contributed by atoms with Gasteiger partial charge in [0.2, 0.25) is 5.91 Å². The molecule has 1 N–H and O–H groups in total. The van der Waals surface area contributed by atoms with Gasteiger partial charge in [-0.1, -0.05) is 0 Å². The molecule has 1 aromatic rings. The molecule has 112 valence electrons.